The Morgan fingerprint density at radius 1 is 1.07 bits per heavy atom. The SMILES string of the molecule is Cc1cccc(Cl)c1N1CC=C[C@]23O[C@@H]4/C=C\CCC(=O)OC[C@@H](c5ccccc5)NC(=O)[C@@H]4[C@H]2C(=O)N([C@H](C)CO)[C@@H]3C1=O. The smallest absolute Gasteiger partial charge is 0.306 e. The lowest BCUT2D eigenvalue weighted by atomic mass is 9.77. The van der Waals surface area contributed by atoms with E-state index in [4.69, 9.17) is 21.1 Å². The van der Waals surface area contributed by atoms with Crippen LogP contribution in [-0.4, -0.2) is 77.2 Å². The Hall–Kier alpha value is -3.99. The number of esters is 1. The molecule has 2 N–H and O–H groups in total. The molecule has 2 aromatic carbocycles. The summed E-state index contributed by atoms with van der Waals surface area (Å²) < 4.78 is 12.2. The third kappa shape index (κ3) is 5.34. The summed E-state index contributed by atoms with van der Waals surface area (Å²) in [5, 5.41) is 13.6. The van der Waals surface area contributed by atoms with Gasteiger partial charge >= 0.3 is 5.97 Å². The summed E-state index contributed by atoms with van der Waals surface area (Å²) >= 11 is 6.61. The van der Waals surface area contributed by atoms with Crippen LogP contribution in [0, 0.1) is 18.8 Å². The fourth-order valence-electron chi connectivity index (χ4n) is 7.11. The molecule has 0 radical (unpaired) electrons. The van der Waals surface area contributed by atoms with Gasteiger partial charge < -0.3 is 29.7 Å². The van der Waals surface area contributed by atoms with Crippen molar-refractivity contribution in [3.8, 4) is 0 Å². The summed E-state index contributed by atoms with van der Waals surface area (Å²) in [6, 6.07) is 11.9. The highest BCUT2D eigenvalue weighted by Gasteiger charge is 2.72. The van der Waals surface area contributed by atoms with Crippen molar-refractivity contribution in [1.82, 2.24) is 10.2 Å². The molecular formula is C34H36ClN3O7. The van der Waals surface area contributed by atoms with E-state index < -0.39 is 72.0 Å². The Labute approximate surface area is 266 Å². The number of amides is 3. The number of hydrogen-bond donors (Lipinski definition) is 2. The molecule has 2 fully saturated rings. The number of aliphatic hydroxyl groups excluding tert-OH is 1. The van der Waals surface area contributed by atoms with Gasteiger partial charge in [0.2, 0.25) is 11.8 Å². The number of likely N-dealkylation sites (tertiary alicyclic amines) is 1. The van der Waals surface area contributed by atoms with Crippen LogP contribution < -0.4 is 10.2 Å². The van der Waals surface area contributed by atoms with E-state index in [1.807, 2.05) is 43.3 Å². The molecule has 10 nitrogen and oxygen atoms in total. The molecule has 2 saturated heterocycles. The maximum absolute atomic E-state index is 14.6. The van der Waals surface area contributed by atoms with Crippen LogP contribution in [0.5, 0.6) is 0 Å². The number of carbonyl (C=O) groups excluding carboxylic acids is 4. The third-order valence-electron chi connectivity index (χ3n) is 9.20. The van der Waals surface area contributed by atoms with Gasteiger partial charge in [0.1, 0.15) is 18.2 Å². The van der Waals surface area contributed by atoms with Gasteiger partial charge in [-0.25, -0.2) is 0 Å². The van der Waals surface area contributed by atoms with Crippen LogP contribution in [0.2, 0.25) is 5.02 Å². The maximum atomic E-state index is 14.6. The normalized spacial score (nSPS) is 31.5. The average molecular weight is 634 g/mol. The number of benzene rings is 2. The first-order valence-corrected chi connectivity index (χ1v) is 15.6. The summed E-state index contributed by atoms with van der Waals surface area (Å²) in [6.45, 7) is 3.21. The fraction of sp³-hybridized carbons (Fsp3) is 0.412. The number of para-hydroxylation sites is 1. The number of anilines is 1. The average Bonchev–Trinajstić information content (AvgIpc) is 3.42. The highest BCUT2D eigenvalue weighted by molar-refractivity contribution is 6.34. The van der Waals surface area contributed by atoms with Crippen molar-refractivity contribution >= 4 is 41.0 Å². The van der Waals surface area contributed by atoms with Crippen molar-refractivity contribution in [2.75, 3.05) is 24.7 Å². The molecule has 4 heterocycles. The molecule has 236 valence electrons. The Balaban J connectivity index is 1.45. The van der Waals surface area contributed by atoms with Crippen LogP contribution >= 0.6 is 11.6 Å². The second-order valence-corrected chi connectivity index (χ2v) is 12.4. The maximum Gasteiger partial charge on any atom is 0.306 e. The number of allylic oxidation sites excluding steroid dienone is 1. The van der Waals surface area contributed by atoms with E-state index in [0.717, 1.165) is 11.1 Å². The summed E-state index contributed by atoms with van der Waals surface area (Å²) in [4.78, 5) is 58.8. The Morgan fingerprint density at radius 3 is 2.58 bits per heavy atom. The number of rotatable bonds is 4. The number of aryl methyl sites for hydroxylation is 1. The van der Waals surface area contributed by atoms with Gasteiger partial charge in [-0.1, -0.05) is 78.4 Å². The van der Waals surface area contributed by atoms with Gasteiger partial charge in [-0.2, -0.15) is 0 Å². The van der Waals surface area contributed by atoms with E-state index in [1.165, 1.54) is 4.90 Å². The van der Waals surface area contributed by atoms with E-state index >= 15 is 0 Å². The molecule has 1 spiro atoms. The van der Waals surface area contributed by atoms with Gasteiger partial charge in [-0.3, -0.25) is 19.2 Å². The number of nitrogens with one attached hydrogen (secondary N) is 1. The van der Waals surface area contributed by atoms with E-state index in [2.05, 4.69) is 5.32 Å². The second-order valence-electron chi connectivity index (χ2n) is 12.0. The van der Waals surface area contributed by atoms with Gasteiger partial charge in [-0.15, -0.1) is 0 Å². The van der Waals surface area contributed by atoms with Crippen LogP contribution in [-0.2, 0) is 28.7 Å². The van der Waals surface area contributed by atoms with E-state index in [-0.39, 0.29) is 19.6 Å². The molecule has 0 bridgehead atoms. The number of ether oxygens (including phenoxy) is 2. The van der Waals surface area contributed by atoms with Crippen molar-refractivity contribution in [3.05, 3.63) is 89.0 Å². The summed E-state index contributed by atoms with van der Waals surface area (Å²) in [7, 11) is 0. The molecule has 0 saturated carbocycles. The molecule has 2 aromatic rings. The van der Waals surface area contributed by atoms with Gasteiger partial charge in [-0.05, 0) is 37.5 Å². The predicted molar refractivity (Wildman–Crippen MR) is 166 cm³/mol. The molecule has 0 unspecified atom stereocenters. The first kappa shape index (κ1) is 31.0. The van der Waals surface area contributed by atoms with E-state index in [1.54, 1.807) is 48.3 Å². The Bertz CT molecular complexity index is 1540. The quantitative estimate of drug-likeness (QED) is 0.391. The van der Waals surface area contributed by atoms with Crippen LogP contribution in [0.3, 0.4) is 0 Å². The van der Waals surface area contributed by atoms with Crippen LogP contribution in [0.15, 0.2) is 72.8 Å². The summed E-state index contributed by atoms with van der Waals surface area (Å²) in [6.07, 6.45) is 6.57. The van der Waals surface area contributed by atoms with Gasteiger partial charge in [0.25, 0.3) is 5.91 Å². The van der Waals surface area contributed by atoms with E-state index in [9.17, 15) is 24.3 Å². The first-order chi connectivity index (χ1) is 21.7. The highest BCUT2D eigenvalue weighted by atomic mass is 35.5. The fourth-order valence-corrected chi connectivity index (χ4v) is 7.43. The molecule has 4 aliphatic heterocycles. The molecule has 7 atom stereocenters. The van der Waals surface area contributed by atoms with Gasteiger partial charge in [0.05, 0.1) is 47.3 Å². The monoisotopic (exact) mass is 633 g/mol. The molecule has 11 heteroatoms. The molecule has 4 aliphatic rings. The number of aliphatic hydroxyl groups is 1. The number of cyclic esters (lactones) is 1. The number of nitrogens with zero attached hydrogens (tertiary/aromatic N) is 2. The molecule has 6 rings (SSSR count). The first-order valence-electron chi connectivity index (χ1n) is 15.2. The second kappa shape index (κ2) is 12.4. The zero-order chi connectivity index (χ0) is 31.9. The van der Waals surface area contributed by atoms with Crippen molar-refractivity contribution in [3.63, 3.8) is 0 Å². The third-order valence-corrected chi connectivity index (χ3v) is 9.51. The van der Waals surface area contributed by atoms with Crippen LogP contribution in [0.4, 0.5) is 5.69 Å². The van der Waals surface area contributed by atoms with Crippen molar-refractivity contribution in [1.29, 1.82) is 0 Å². The number of halogens is 1. The van der Waals surface area contributed by atoms with Crippen LogP contribution in [0.1, 0.15) is 36.9 Å². The number of hydrogen-bond acceptors (Lipinski definition) is 7. The van der Waals surface area contributed by atoms with Gasteiger partial charge in [0.15, 0.2) is 0 Å². The minimum atomic E-state index is -1.51. The standard InChI is InChI=1S/C34H36ClN3O7/c1-20-10-8-13-23(35)29(20)37-17-9-16-34-28(32(42)38(21(2)18-39)30(34)33(37)43)27-25(45-34)14-6-7-15-26(40)44-19-24(36-31(27)41)22-11-4-3-5-12-22/h3-6,8-14,16,21,24-25,27-28,30,39H,7,15,17-19H2,1-2H3,(H,36,41)/b14-6-/t21-,24+,25-,27+,28+,30-,34+/m1/s1. The molecule has 3 amide bonds. The van der Waals surface area contributed by atoms with Gasteiger partial charge in [0, 0.05) is 13.0 Å². The minimum Gasteiger partial charge on any atom is -0.463 e. The zero-order valence-electron chi connectivity index (χ0n) is 25.1. The van der Waals surface area contributed by atoms with Crippen molar-refractivity contribution in [2.24, 2.45) is 11.8 Å². The molecule has 0 aliphatic carbocycles. The zero-order valence-corrected chi connectivity index (χ0v) is 25.9. The lowest BCUT2D eigenvalue weighted by Crippen LogP contribution is -2.57. The summed E-state index contributed by atoms with van der Waals surface area (Å²) in [5.74, 6) is -3.82. The Morgan fingerprint density at radius 2 is 1.84 bits per heavy atom. The lowest BCUT2D eigenvalue weighted by Gasteiger charge is -2.38. The minimum absolute atomic E-state index is 0.0822. The predicted octanol–water partition coefficient (Wildman–Crippen LogP) is 3.26. The number of fused-ring (bicyclic) bond motifs is 2. The topological polar surface area (TPSA) is 125 Å². The molecular weight excluding hydrogens is 598 g/mol. The largest absolute Gasteiger partial charge is 0.463 e. The molecule has 0 aromatic heterocycles. The van der Waals surface area contributed by atoms with Crippen molar-refractivity contribution < 1.29 is 33.8 Å². The highest BCUT2D eigenvalue weighted by Crippen LogP contribution is 2.54. The lowest BCUT2D eigenvalue weighted by molar-refractivity contribution is -0.146. The molecule has 45 heavy (non-hydrogen) atoms. The summed E-state index contributed by atoms with van der Waals surface area (Å²) in [5.41, 5.74) is 0.531. The van der Waals surface area contributed by atoms with E-state index in [0.29, 0.717) is 17.1 Å². The van der Waals surface area contributed by atoms with Crippen LogP contribution in [0.25, 0.3) is 0 Å². The number of carbonyl (C=O) groups is 4. The Kier molecular flexibility index (Phi) is 8.56. The van der Waals surface area contributed by atoms with Crippen molar-refractivity contribution in [2.45, 2.75) is 56.5 Å².